The average Bonchev–Trinajstić information content (AvgIpc) is 3.97. The van der Waals surface area contributed by atoms with E-state index in [1.807, 2.05) is 111 Å². The third-order valence-corrected chi connectivity index (χ3v) is 15.1. The van der Waals surface area contributed by atoms with Crippen LogP contribution < -0.4 is 25.8 Å². The number of halogens is 1. The van der Waals surface area contributed by atoms with E-state index < -0.39 is 53.3 Å². The number of anilines is 1. The molecule has 0 fully saturated rings. The number of carbonyl (C=O) groups is 4. The molecule has 3 amide bonds. The van der Waals surface area contributed by atoms with Gasteiger partial charge in [0.15, 0.2) is 11.5 Å². The third kappa shape index (κ3) is 18.3. The normalized spacial score (nSPS) is 14.1. The second-order valence-electron chi connectivity index (χ2n) is 22.7. The highest BCUT2D eigenvalue weighted by molar-refractivity contribution is 6.12. The highest BCUT2D eigenvalue weighted by Crippen LogP contribution is 2.43. The van der Waals surface area contributed by atoms with Crippen LogP contribution in [0.2, 0.25) is 0 Å². The monoisotopic (exact) mass is 1090 g/mol. The molecule has 4 aromatic carbocycles. The van der Waals surface area contributed by atoms with E-state index in [4.69, 9.17) is 19.9 Å². The van der Waals surface area contributed by atoms with Crippen molar-refractivity contribution in [3.8, 4) is 33.9 Å². The number of primary amides is 1. The molecule has 430 valence electrons. The lowest BCUT2D eigenvalue weighted by Crippen LogP contribution is -2.47. The van der Waals surface area contributed by atoms with Gasteiger partial charge in [-0.25, -0.2) is 4.39 Å². The number of methoxy groups -OCH3 is 2. The first-order chi connectivity index (χ1) is 37.5. The molecule has 0 saturated heterocycles. The Morgan fingerprint density at radius 1 is 0.759 bits per heavy atom. The maximum Gasteiger partial charge on any atom is 0.258 e. The van der Waals surface area contributed by atoms with Gasteiger partial charge < -0.3 is 50.5 Å². The summed E-state index contributed by atoms with van der Waals surface area (Å²) in [6.07, 6.45) is -2.00. The largest absolute Gasteiger partial charge is 0.493 e. The lowest BCUT2D eigenvalue weighted by atomic mass is 9.78. The van der Waals surface area contributed by atoms with Crippen LogP contribution in [0.3, 0.4) is 0 Å². The Balaban J connectivity index is 1.40. The van der Waals surface area contributed by atoms with Crippen LogP contribution in [0.5, 0.6) is 11.5 Å². The van der Waals surface area contributed by atoms with Crippen LogP contribution in [0.4, 0.5) is 10.1 Å². The van der Waals surface area contributed by atoms with Crippen molar-refractivity contribution in [2.75, 3.05) is 32.8 Å². The number of ether oxygens (including phenoxy) is 3. The molecule has 79 heavy (non-hydrogen) atoms. The van der Waals surface area contributed by atoms with Gasteiger partial charge in [-0.05, 0) is 127 Å². The number of nitrogens with zero attached hydrogens (tertiary/aromatic N) is 1. The summed E-state index contributed by atoms with van der Waals surface area (Å²) in [5.41, 5.74) is 10.2. The molecule has 0 saturated carbocycles. The Hall–Kier alpha value is -6.39. The zero-order chi connectivity index (χ0) is 58.0. The molecule has 4 unspecified atom stereocenters. The van der Waals surface area contributed by atoms with Gasteiger partial charge in [-0.1, -0.05) is 110 Å². The van der Waals surface area contributed by atoms with E-state index in [0.717, 1.165) is 11.1 Å². The molecular formula is C64H87FN4O10. The van der Waals surface area contributed by atoms with Gasteiger partial charge in [0.25, 0.3) is 5.91 Å². The number of hydrogen-bond acceptors (Lipinski definition) is 10. The second kappa shape index (κ2) is 30.3. The number of Topliss-reactive ketones (excluding diaryl/α,β-unsaturated/α-hetero) is 1. The maximum atomic E-state index is 14.6. The van der Waals surface area contributed by atoms with Crippen molar-refractivity contribution in [1.82, 2.24) is 9.88 Å². The Bertz CT molecular complexity index is 2730. The average molecular weight is 1090 g/mol. The summed E-state index contributed by atoms with van der Waals surface area (Å²) in [5, 5.41) is 41.6. The van der Waals surface area contributed by atoms with Gasteiger partial charge >= 0.3 is 0 Å². The first-order valence-electron chi connectivity index (χ1n) is 27.9. The van der Waals surface area contributed by atoms with E-state index >= 15 is 0 Å². The smallest absolute Gasteiger partial charge is 0.258 e. The quantitative estimate of drug-likeness (QED) is 0.0219. The first kappa shape index (κ1) is 63.4. The van der Waals surface area contributed by atoms with Crippen molar-refractivity contribution in [3.05, 3.63) is 126 Å². The molecule has 0 spiro atoms. The predicted molar refractivity (Wildman–Crippen MR) is 309 cm³/mol. The van der Waals surface area contributed by atoms with Gasteiger partial charge in [0, 0.05) is 61.4 Å². The zero-order valence-corrected chi connectivity index (χ0v) is 48.1. The number of aliphatic hydroxyl groups is 3. The fourth-order valence-corrected chi connectivity index (χ4v) is 10.3. The zero-order valence-electron chi connectivity index (χ0n) is 48.1. The van der Waals surface area contributed by atoms with Crippen molar-refractivity contribution in [2.24, 2.45) is 34.8 Å². The Morgan fingerprint density at radius 2 is 1.42 bits per heavy atom. The summed E-state index contributed by atoms with van der Waals surface area (Å²) in [6, 6.07) is 29.7. The van der Waals surface area contributed by atoms with Crippen molar-refractivity contribution < 1.29 is 53.1 Å². The maximum absolute atomic E-state index is 14.6. The fourth-order valence-electron chi connectivity index (χ4n) is 10.3. The van der Waals surface area contributed by atoms with Crippen LogP contribution in [0.15, 0.2) is 103 Å². The number of rotatable bonds is 33. The van der Waals surface area contributed by atoms with E-state index in [0.29, 0.717) is 77.7 Å². The number of benzene rings is 4. The van der Waals surface area contributed by atoms with Gasteiger partial charge in [-0.3, -0.25) is 19.2 Å². The SMILES string of the molecule is COCCCOc1cc(CC(CC(NC(=O)C[C@H](O)C[C@H](O)CCn2c(-c3ccc(F)cc3)c(-c3ccccc3)c(C(=O)Nc3ccccc3)c2C(C)C)C(O)CC(C(=O)CCC(C)(C)C(N)=O)C(C)C)C(C)C)ccc1OC. The molecule has 6 atom stereocenters. The minimum atomic E-state index is -1.29. The van der Waals surface area contributed by atoms with Crippen LogP contribution in [-0.4, -0.2) is 95.2 Å². The van der Waals surface area contributed by atoms with Crippen molar-refractivity contribution >= 4 is 29.2 Å². The molecule has 5 rings (SSSR count). The van der Waals surface area contributed by atoms with Crippen molar-refractivity contribution in [3.63, 3.8) is 0 Å². The summed E-state index contributed by atoms with van der Waals surface area (Å²) >= 11 is 0. The molecule has 0 aliphatic carbocycles. The van der Waals surface area contributed by atoms with Crippen molar-refractivity contribution in [2.45, 2.75) is 150 Å². The summed E-state index contributed by atoms with van der Waals surface area (Å²) < 4.78 is 33.4. The van der Waals surface area contributed by atoms with Crippen LogP contribution >= 0.6 is 0 Å². The topological polar surface area (TPSA) is 212 Å². The third-order valence-electron chi connectivity index (χ3n) is 15.1. The molecule has 0 radical (unpaired) electrons. The van der Waals surface area contributed by atoms with Gasteiger partial charge in [0.1, 0.15) is 11.6 Å². The number of amides is 3. The Kier molecular flexibility index (Phi) is 24.3. The fraction of sp³-hybridized carbons (Fsp3) is 0.500. The molecular weight excluding hydrogens is 1000 g/mol. The number of nitrogens with one attached hydrogen (secondary N) is 2. The van der Waals surface area contributed by atoms with E-state index in [9.17, 15) is 38.9 Å². The van der Waals surface area contributed by atoms with Gasteiger partial charge in [0.05, 0.1) is 55.7 Å². The second-order valence-corrected chi connectivity index (χ2v) is 22.7. The number of aliphatic hydroxyl groups excluding tert-OH is 3. The summed E-state index contributed by atoms with van der Waals surface area (Å²) in [7, 11) is 3.22. The minimum absolute atomic E-state index is 0.0474. The molecule has 0 bridgehead atoms. The van der Waals surface area contributed by atoms with Gasteiger partial charge in [0.2, 0.25) is 11.8 Å². The van der Waals surface area contributed by atoms with E-state index in [1.54, 1.807) is 40.2 Å². The highest BCUT2D eigenvalue weighted by atomic mass is 19.1. The minimum Gasteiger partial charge on any atom is -0.493 e. The van der Waals surface area contributed by atoms with Crippen LogP contribution in [0.1, 0.15) is 134 Å². The highest BCUT2D eigenvalue weighted by Gasteiger charge is 2.35. The van der Waals surface area contributed by atoms with Crippen molar-refractivity contribution in [1.29, 1.82) is 0 Å². The summed E-state index contributed by atoms with van der Waals surface area (Å²) in [5.74, 6) is -1.67. The van der Waals surface area contributed by atoms with Gasteiger partial charge in [-0.2, -0.15) is 0 Å². The predicted octanol–water partition coefficient (Wildman–Crippen LogP) is 10.9. The number of para-hydroxylation sites is 1. The molecule has 1 aromatic heterocycles. The van der Waals surface area contributed by atoms with Gasteiger partial charge in [-0.15, -0.1) is 0 Å². The van der Waals surface area contributed by atoms with E-state index in [1.165, 1.54) is 12.1 Å². The Morgan fingerprint density at radius 3 is 2.01 bits per heavy atom. The molecule has 15 heteroatoms. The number of hydrogen-bond donors (Lipinski definition) is 6. The Labute approximate surface area is 467 Å². The molecule has 14 nitrogen and oxygen atoms in total. The van der Waals surface area contributed by atoms with E-state index in [-0.39, 0.29) is 80.4 Å². The molecule has 7 N–H and O–H groups in total. The number of ketones is 1. The molecule has 0 aliphatic rings. The number of nitrogens with two attached hydrogens (primary N) is 1. The standard InChI is InChI=1S/C64H87FN4O10/c1-40(2)46(34-43-22-27-55(78-10)56(35-43)79-33-17-32-77-9)36-52(54(73)39-51(41(3)4)53(72)28-30-64(7,8)63(66)76)68-57(74)38-50(71)37-49(70)29-31-69-60(42(5)6)59(62(75)67-48-20-15-12-16-21-48)58(44-18-13-11-14-19-44)61(69)45-23-25-47(65)26-24-45/h11-16,18-27,35,40-42,46,49-52,54,70-71,73H,17,28-34,36-39H2,1-10H3,(H2,66,76)(H,67,75)(H,68,74)/t46?,49-,50-,51?,52?,54?/m1/s1. The lowest BCUT2D eigenvalue weighted by molar-refractivity contribution is -0.129. The molecule has 0 aliphatic heterocycles. The lowest BCUT2D eigenvalue weighted by Gasteiger charge is -2.33. The van der Waals surface area contributed by atoms with E-state index in [2.05, 4.69) is 24.5 Å². The van der Waals surface area contributed by atoms with Crippen LogP contribution in [0, 0.1) is 34.9 Å². The van der Waals surface area contributed by atoms with Crippen LogP contribution in [0.25, 0.3) is 22.4 Å². The number of carbonyl (C=O) groups excluding carboxylic acids is 4. The number of aromatic nitrogens is 1. The first-order valence-corrected chi connectivity index (χ1v) is 27.9. The summed E-state index contributed by atoms with van der Waals surface area (Å²) in [4.78, 5) is 54.7. The molecule has 1 heterocycles. The molecule has 5 aromatic rings. The van der Waals surface area contributed by atoms with Crippen LogP contribution in [-0.2, 0) is 32.1 Å². The summed E-state index contributed by atoms with van der Waals surface area (Å²) in [6.45, 7) is 16.5.